The van der Waals surface area contributed by atoms with Gasteiger partial charge in [0.05, 0.1) is 19.3 Å². The molecule has 0 aliphatic carbocycles. The molecular formula is C31H41Cl2F3N2O4. The third-order valence-electron chi connectivity index (χ3n) is 6.95. The van der Waals surface area contributed by atoms with E-state index in [4.69, 9.17) is 32.7 Å². The number of alkyl halides is 3. The van der Waals surface area contributed by atoms with Crippen LogP contribution < -0.4 is 0 Å². The Bertz CT molecular complexity index is 1310. The van der Waals surface area contributed by atoms with Crippen LogP contribution in [0.15, 0.2) is 30.3 Å². The zero-order valence-electron chi connectivity index (χ0n) is 25.4. The predicted octanol–water partition coefficient (Wildman–Crippen LogP) is 7.88. The number of hydrogen-bond donors (Lipinski definition) is 0. The van der Waals surface area contributed by atoms with Crippen LogP contribution in [0, 0.1) is 25.7 Å². The quantitative estimate of drug-likeness (QED) is 0.259. The van der Waals surface area contributed by atoms with Gasteiger partial charge in [-0.15, -0.1) is 0 Å². The second-order valence-electron chi connectivity index (χ2n) is 9.84. The van der Waals surface area contributed by atoms with Crippen molar-refractivity contribution in [1.82, 2.24) is 9.47 Å². The van der Waals surface area contributed by atoms with E-state index in [9.17, 15) is 18.0 Å². The molecule has 4 rings (SSSR count). The van der Waals surface area contributed by atoms with Gasteiger partial charge in [0, 0.05) is 66.2 Å². The first-order chi connectivity index (χ1) is 19.8. The van der Waals surface area contributed by atoms with Crippen molar-refractivity contribution in [3.05, 3.63) is 68.3 Å². The van der Waals surface area contributed by atoms with Crippen molar-refractivity contribution in [3.63, 3.8) is 0 Å². The number of ether oxygens (including phenoxy) is 2. The van der Waals surface area contributed by atoms with Crippen LogP contribution in [0.25, 0.3) is 10.9 Å². The lowest BCUT2D eigenvalue weighted by molar-refractivity contribution is -0.137. The van der Waals surface area contributed by atoms with E-state index in [-0.39, 0.29) is 0 Å². The number of likely N-dealkylation sites (tertiary alicyclic amines) is 1. The number of carbonyl (C=O) groups excluding carboxylic acids is 2. The molecule has 2 atom stereocenters. The fourth-order valence-electron chi connectivity index (χ4n) is 4.65. The summed E-state index contributed by atoms with van der Waals surface area (Å²) in [6.45, 7) is 12.6. The van der Waals surface area contributed by atoms with E-state index in [0.717, 1.165) is 48.3 Å². The van der Waals surface area contributed by atoms with E-state index < -0.39 is 11.7 Å². The highest BCUT2D eigenvalue weighted by atomic mass is 35.5. The summed E-state index contributed by atoms with van der Waals surface area (Å²) in [5, 5.41) is 1.93. The third kappa shape index (κ3) is 9.92. The molecule has 2 aromatic carbocycles. The summed E-state index contributed by atoms with van der Waals surface area (Å²) in [7, 11) is 4.78. The standard InChI is InChI=1S/C19H16Cl2F3N.C8H15NO2.C2H4O2.C2H6/c1-10-4-5-16(20)15(18(10)21)9-13-8-14-11(2)6-12(19(22,23)24)7-17(14)25(13)3;1-7-3-9(6-10)4-8(7)5-11-2;1-4-2-3;1-2/h4-8H,9H2,1-3H3;6-8H,3-5H2,1-2H3;2H,1H3;1-2H3/t;7-,8?;;/m.1../s1. The summed E-state index contributed by atoms with van der Waals surface area (Å²) in [6.07, 6.45) is -3.00. The van der Waals surface area contributed by atoms with Crippen LogP contribution in [-0.2, 0) is 38.7 Å². The molecule has 1 aliphatic rings. The van der Waals surface area contributed by atoms with Crippen molar-refractivity contribution in [1.29, 1.82) is 0 Å². The van der Waals surface area contributed by atoms with Gasteiger partial charge in [-0.1, -0.05) is 50.0 Å². The monoisotopic (exact) mass is 632 g/mol. The number of carbonyl (C=O) groups is 2. The number of hydrogen-bond acceptors (Lipinski definition) is 4. The Hall–Kier alpha value is -2.75. The average molecular weight is 634 g/mol. The summed E-state index contributed by atoms with van der Waals surface area (Å²) in [5.41, 5.74) is 3.04. The molecule has 1 aliphatic heterocycles. The summed E-state index contributed by atoms with van der Waals surface area (Å²) < 4.78 is 49.9. The molecule has 1 saturated heterocycles. The summed E-state index contributed by atoms with van der Waals surface area (Å²) in [6, 6.07) is 7.90. The Morgan fingerprint density at radius 2 is 1.64 bits per heavy atom. The first-order valence-electron chi connectivity index (χ1n) is 13.5. The fraction of sp³-hybridized carbons (Fsp3) is 0.484. The van der Waals surface area contributed by atoms with Crippen molar-refractivity contribution >= 4 is 47.0 Å². The van der Waals surface area contributed by atoms with Crippen LogP contribution >= 0.6 is 23.2 Å². The molecule has 1 amide bonds. The number of benzene rings is 2. The van der Waals surface area contributed by atoms with Crippen LogP contribution in [0.2, 0.25) is 10.0 Å². The van der Waals surface area contributed by atoms with Crippen molar-refractivity contribution in [2.75, 3.05) is 33.9 Å². The van der Waals surface area contributed by atoms with Crippen LogP contribution in [-0.4, -0.2) is 56.3 Å². The normalized spacial score (nSPS) is 16.0. The van der Waals surface area contributed by atoms with Crippen LogP contribution in [0.5, 0.6) is 0 Å². The number of rotatable bonds is 6. The molecule has 0 bridgehead atoms. The van der Waals surface area contributed by atoms with Gasteiger partial charge in [0.1, 0.15) is 0 Å². The molecule has 42 heavy (non-hydrogen) atoms. The minimum Gasteiger partial charge on any atom is -0.471 e. The molecule has 11 heteroatoms. The molecular weight excluding hydrogens is 592 g/mol. The highest BCUT2D eigenvalue weighted by Gasteiger charge is 2.31. The fourth-order valence-corrected chi connectivity index (χ4v) is 5.15. The Balaban J connectivity index is 0.000000430. The highest BCUT2D eigenvalue weighted by Crippen LogP contribution is 2.36. The van der Waals surface area contributed by atoms with E-state index in [2.05, 4.69) is 11.7 Å². The lowest BCUT2D eigenvalue weighted by atomic mass is 10.00. The SMILES string of the molecule is CC.COC=O.COCC1CN(C=O)C[C@H]1C.Cc1ccc(Cl)c(Cc2cc3c(C)cc(C(F)(F)F)cc3n2C)c1Cl. The summed E-state index contributed by atoms with van der Waals surface area (Å²) >= 11 is 12.6. The van der Waals surface area contributed by atoms with Gasteiger partial charge in [0.25, 0.3) is 6.47 Å². The molecule has 2 heterocycles. The Kier molecular flexibility index (Phi) is 15.4. The number of fused-ring (bicyclic) bond motifs is 1. The molecule has 0 N–H and O–H groups in total. The number of nitrogens with zero attached hydrogens (tertiary/aromatic N) is 2. The zero-order valence-corrected chi connectivity index (χ0v) is 27.0. The molecule has 1 unspecified atom stereocenters. The van der Waals surface area contributed by atoms with Gasteiger partial charge in [0.15, 0.2) is 0 Å². The van der Waals surface area contributed by atoms with Gasteiger partial charge in [0.2, 0.25) is 6.41 Å². The number of halogens is 5. The van der Waals surface area contributed by atoms with Gasteiger partial charge < -0.3 is 18.9 Å². The van der Waals surface area contributed by atoms with Gasteiger partial charge in [-0.3, -0.25) is 9.59 Å². The maximum Gasteiger partial charge on any atom is 0.416 e. The Labute approximate surface area is 256 Å². The minimum atomic E-state index is -4.37. The van der Waals surface area contributed by atoms with E-state index in [1.807, 2.05) is 37.8 Å². The average Bonchev–Trinajstić information content (AvgIpc) is 3.49. The summed E-state index contributed by atoms with van der Waals surface area (Å²) in [5.74, 6) is 1.12. The first-order valence-corrected chi connectivity index (χ1v) is 14.3. The molecule has 1 aromatic heterocycles. The minimum absolute atomic E-state index is 0.375. The van der Waals surface area contributed by atoms with Gasteiger partial charge >= 0.3 is 6.18 Å². The van der Waals surface area contributed by atoms with E-state index >= 15 is 0 Å². The van der Waals surface area contributed by atoms with Crippen LogP contribution in [0.1, 0.15) is 48.7 Å². The molecule has 3 aromatic rings. The van der Waals surface area contributed by atoms with Crippen molar-refractivity contribution in [3.8, 4) is 0 Å². The lowest BCUT2D eigenvalue weighted by Crippen LogP contribution is -2.19. The second-order valence-corrected chi connectivity index (χ2v) is 10.6. The first kappa shape index (κ1) is 37.3. The maximum atomic E-state index is 13.1. The molecule has 0 saturated carbocycles. The molecule has 6 nitrogen and oxygen atoms in total. The maximum absolute atomic E-state index is 13.1. The van der Waals surface area contributed by atoms with Crippen molar-refractivity contribution in [2.45, 2.75) is 47.2 Å². The van der Waals surface area contributed by atoms with Gasteiger partial charge in [-0.25, -0.2) is 0 Å². The number of aromatic nitrogens is 1. The van der Waals surface area contributed by atoms with Crippen LogP contribution in [0.3, 0.4) is 0 Å². The lowest BCUT2D eigenvalue weighted by Gasteiger charge is -2.11. The Morgan fingerprint density at radius 3 is 2.14 bits per heavy atom. The van der Waals surface area contributed by atoms with Gasteiger partial charge in [-0.05, 0) is 60.7 Å². The third-order valence-corrected chi connectivity index (χ3v) is 7.84. The van der Waals surface area contributed by atoms with Crippen LogP contribution in [0.4, 0.5) is 13.2 Å². The molecule has 0 radical (unpaired) electrons. The molecule has 0 spiro atoms. The van der Waals surface area contributed by atoms with E-state index in [0.29, 0.717) is 45.9 Å². The van der Waals surface area contributed by atoms with Crippen molar-refractivity contribution < 1.29 is 32.2 Å². The smallest absolute Gasteiger partial charge is 0.416 e. The number of aryl methyl sites for hydroxylation is 3. The van der Waals surface area contributed by atoms with Crippen molar-refractivity contribution in [2.24, 2.45) is 18.9 Å². The highest BCUT2D eigenvalue weighted by molar-refractivity contribution is 6.36. The zero-order chi connectivity index (χ0) is 32.2. The number of methoxy groups -OCH3 is 2. The largest absolute Gasteiger partial charge is 0.471 e. The molecule has 234 valence electrons. The van der Waals surface area contributed by atoms with E-state index in [1.165, 1.54) is 19.2 Å². The van der Waals surface area contributed by atoms with E-state index in [1.54, 1.807) is 31.7 Å². The predicted molar refractivity (Wildman–Crippen MR) is 163 cm³/mol. The molecule has 1 fully saturated rings. The summed E-state index contributed by atoms with van der Waals surface area (Å²) in [4.78, 5) is 21.2. The topological polar surface area (TPSA) is 60.8 Å². The van der Waals surface area contributed by atoms with Gasteiger partial charge in [-0.2, -0.15) is 13.2 Å². The Morgan fingerprint density at radius 1 is 1.02 bits per heavy atom. The number of amides is 1. The second kappa shape index (κ2) is 17.4.